The van der Waals surface area contributed by atoms with Crippen molar-refractivity contribution in [3.63, 3.8) is 0 Å². The van der Waals surface area contributed by atoms with Crippen LogP contribution in [-0.2, 0) is 0 Å². The van der Waals surface area contributed by atoms with E-state index in [-0.39, 0.29) is 38.5 Å². The van der Waals surface area contributed by atoms with Crippen molar-refractivity contribution < 1.29 is 0 Å². The minimum absolute atomic E-state index is 0.0328. The third kappa shape index (κ3) is 3.92. The van der Waals surface area contributed by atoms with Crippen LogP contribution in [0.4, 0.5) is 17.6 Å². The third-order valence-corrected chi connectivity index (χ3v) is 5.78. The van der Waals surface area contributed by atoms with Crippen LogP contribution in [-0.4, -0.2) is 29.7 Å². The van der Waals surface area contributed by atoms with Crippen molar-refractivity contribution >= 4 is 63.3 Å². The molecule has 0 saturated heterocycles. The molecular formula is C19H18Cl3N9O. The fourth-order valence-corrected chi connectivity index (χ4v) is 3.95. The first kappa shape index (κ1) is 22.1. The van der Waals surface area contributed by atoms with Crippen LogP contribution in [0.2, 0.25) is 15.1 Å². The molecule has 3 aromatic heterocycles. The van der Waals surface area contributed by atoms with Crippen molar-refractivity contribution in [3.05, 3.63) is 55.8 Å². The molecule has 0 radical (unpaired) electrons. The van der Waals surface area contributed by atoms with Gasteiger partial charge in [0, 0.05) is 6.20 Å². The number of nitrogens with two attached hydrogens (primary N) is 2. The van der Waals surface area contributed by atoms with Crippen LogP contribution in [0, 0.1) is 0 Å². The SMILES string of the molecule is CCC[C@H](Nc1nc(N)nc(N)c1Cl)c1nc2c(Cl)ccc(Cl)c2c(=O)n1-c1cn[nH]c1. The number of benzene rings is 1. The Morgan fingerprint density at radius 2 is 1.91 bits per heavy atom. The molecule has 6 N–H and O–H groups in total. The van der Waals surface area contributed by atoms with E-state index in [2.05, 4.69) is 25.5 Å². The van der Waals surface area contributed by atoms with E-state index in [1.165, 1.54) is 10.8 Å². The van der Waals surface area contributed by atoms with Gasteiger partial charge in [0.25, 0.3) is 5.56 Å². The zero-order chi connectivity index (χ0) is 23.0. The molecule has 0 unspecified atom stereocenters. The Hall–Kier alpha value is -3.08. The summed E-state index contributed by atoms with van der Waals surface area (Å²) < 4.78 is 1.42. The number of nitrogens with one attached hydrogen (secondary N) is 2. The second-order valence-corrected chi connectivity index (χ2v) is 8.13. The largest absolute Gasteiger partial charge is 0.382 e. The van der Waals surface area contributed by atoms with E-state index >= 15 is 0 Å². The average molecular weight is 495 g/mol. The number of fused-ring (bicyclic) bond motifs is 1. The Morgan fingerprint density at radius 3 is 2.59 bits per heavy atom. The van der Waals surface area contributed by atoms with Gasteiger partial charge >= 0.3 is 0 Å². The molecule has 0 saturated carbocycles. The minimum Gasteiger partial charge on any atom is -0.382 e. The molecule has 0 spiro atoms. The smallest absolute Gasteiger partial charge is 0.267 e. The van der Waals surface area contributed by atoms with Crippen LogP contribution in [0.5, 0.6) is 0 Å². The molecule has 1 atom stereocenters. The van der Waals surface area contributed by atoms with E-state index < -0.39 is 11.6 Å². The molecule has 0 aliphatic rings. The van der Waals surface area contributed by atoms with Crippen molar-refractivity contribution in [2.45, 2.75) is 25.8 Å². The lowest BCUT2D eigenvalue weighted by Gasteiger charge is -2.23. The van der Waals surface area contributed by atoms with Crippen molar-refractivity contribution in [2.75, 3.05) is 16.8 Å². The molecule has 1 aromatic carbocycles. The van der Waals surface area contributed by atoms with Crippen molar-refractivity contribution in [1.29, 1.82) is 0 Å². The molecule has 10 nitrogen and oxygen atoms in total. The Bertz CT molecular complexity index is 1350. The van der Waals surface area contributed by atoms with Gasteiger partial charge in [0.05, 0.1) is 38.9 Å². The molecule has 166 valence electrons. The Labute approximate surface area is 196 Å². The number of hydrogen-bond acceptors (Lipinski definition) is 8. The number of hydrogen-bond donors (Lipinski definition) is 4. The lowest BCUT2D eigenvalue weighted by molar-refractivity contribution is 0.615. The van der Waals surface area contributed by atoms with Crippen LogP contribution < -0.4 is 22.3 Å². The fourth-order valence-electron chi connectivity index (χ4n) is 3.38. The Kier molecular flexibility index (Phi) is 6.09. The third-order valence-electron chi connectivity index (χ3n) is 4.79. The summed E-state index contributed by atoms with van der Waals surface area (Å²) in [4.78, 5) is 26.3. The summed E-state index contributed by atoms with van der Waals surface area (Å²) in [6.07, 6.45) is 4.39. The zero-order valence-corrected chi connectivity index (χ0v) is 19.0. The summed E-state index contributed by atoms with van der Waals surface area (Å²) in [5.41, 5.74) is 11.9. The number of halogens is 3. The first-order valence-corrected chi connectivity index (χ1v) is 10.7. The number of rotatable bonds is 6. The maximum Gasteiger partial charge on any atom is 0.267 e. The highest BCUT2D eigenvalue weighted by Gasteiger charge is 2.25. The topological polar surface area (TPSA) is 153 Å². The highest BCUT2D eigenvalue weighted by molar-refractivity contribution is 6.39. The van der Waals surface area contributed by atoms with E-state index in [0.29, 0.717) is 23.0 Å². The second kappa shape index (κ2) is 8.81. The Balaban J connectivity index is 1.99. The molecule has 0 fully saturated rings. The summed E-state index contributed by atoms with van der Waals surface area (Å²) in [5.74, 6) is 0.575. The molecule has 3 heterocycles. The van der Waals surface area contributed by atoms with Gasteiger partial charge in [-0.05, 0) is 18.6 Å². The van der Waals surface area contributed by atoms with Crippen LogP contribution in [0.25, 0.3) is 16.6 Å². The predicted octanol–water partition coefficient (Wildman–Crippen LogP) is 3.98. The number of nitrogens with zero attached hydrogens (tertiary/aromatic N) is 5. The van der Waals surface area contributed by atoms with Gasteiger partial charge in [-0.25, -0.2) is 4.98 Å². The molecule has 13 heteroatoms. The van der Waals surface area contributed by atoms with Gasteiger partial charge in [-0.2, -0.15) is 15.1 Å². The highest BCUT2D eigenvalue weighted by Crippen LogP contribution is 2.33. The molecule has 0 aliphatic carbocycles. The van der Waals surface area contributed by atoms with Gasteiger partial charge in [0.15, 0.2) is 5.82 Å². The highest BCUT2D eigenvalue weighted by atomic mass is 35.5. The van der Waals surface area contributed by atoms with Crippen molar-refractivity contribution in [2.24, 2.45) is 0 Å². The number of nitrogen functional groups attached to an aromatic ring is 2. The second-order valence-electron chi connectivity index (χ2n) is 6.94. The zero-order valence-electron chi connectivity index (χ0n) is 16.7. The van der Waals surface area contributed by atoms with Gasteiger partial charge in [-0.3, -0.25) is 14.5 Å². The molecule has 0 aliphatic heterocycles. The van der Waals surface area contributed by atoms with Gasteiger partial charge in [-0.1, -0.05) is 48.1 Å². The summed E-state index contributed by atoms with van der Waals surface area (Å²) in [5, 5.41) is 10.7. The van der Waals surface area contributed by atoms with Crippen molar-refractivity contribution in [1.82, 2.24) is 29.7 Å². The minimum atomic E-state index is -0.520. The molecule has 0 amide bonds. The van der Waals surface area contributed by atoms with Gasteiger partial charge in [0.1, 0.15) is 16.7 Å². The first-order chi connectivity index (χ1) is 15.3. The number of aromatic amines is 1. The molecule has 0 bridgehead atoms. The molecule has 32 heavy (non-hydrogen) atoms. The van der Waals surface area contributed by atoms with Crippen molar-refractivity contribution in [3.8, 4) is 5.69 Å². The number of aromatic nitrogens is 6. The van der Waals surface area contributed by atoms with Crippen LogP contribution >= 0.6 is 34.8 Å². The van der Waals surface area contributed by atoms with E-state index in [1.807, 2.05) is 6.92 Å². The lowest BCUT2D eigenvalue weighted by Crippen LogP contribution is -2.28. The fraction of sp³-hybridized carbons (Fsp3) is 0.211. The molecule has 4 rings (SSSR count). The average Bonchev–Trinajstić information content (AvgIpc) is 3.27. The van der Waals surface area contributed by atoms with E-state index in [0.717, 1.165) is 6.42 Å². The molecular weight excluding hydrogens is 477 g/mol. The normalized spacial score (nSPS) is 12.2. The van der Waals surface area contributed by atoms with Crippen LogP contribution in [0.1, 0.15) is 31.6 Å². The molecule has 4 aromatic rings. The first-order valence-electron chi connectivity index (χ1n) is 9.56. The van der Waals surface area contributed by atoms with Gasteiger partial charge in [0.2, 0.25) is 5.95 Å². The maximum absolute atomic E-state index is 13.6. The predicted molar refractivity (Wildman–Crippen MR) is 127 cm³/mol. The van der Waals surface area contributed by atoms with E-state index in [4.69, 9.17) is 51.3 Å². The summed E-state index contributed by atoms with van der Waals surface area (Å²) in [6, 6.07) is 2.63. The lowest BCUT2D eigenvalue weighted by atomic mass is 10.1. The quantitative estimate of drug-likeness (QED) is 0.314. The summed E-state index contributed by atoms with van der Waals surface area (Å²) >= 11 is 19.0. The van der Waals surface area contributed by atoms with Crippen LogP contribution in [0.3, 0.4) is 0 Å². The van der Waals surface area contributed by atoms with E-state index in [9.17, 15) is 4.79 Å². The summed E-state index contributed by atoms with van der Waals surface area (Å²) in [6.45, 7) is 1.99. The standard InChI is InChI=1S/C19H18Cl3N9O/c1-2-3-11(27-16-13(22)15(23)29-19(24)30-16)17-28-14-10(21)5-4-9(20)12(14)18(32)31(17)8-6-25-26-7-8/h4-7,11H,2-3H2,1H3,(H,25,26)(H5,23,24,27,29,30)/t11-/m0/s1. The number of H-pyrrole nitrogens is 1. The van der Waals surface area contributed by atoms with Gasteiger partial charge in [-0.15, -0.1) is 0 Å². The number of anilines is 3. The monoisotopic (exact) mass is 493 g/mol. The van der Waals surface area contributed by atoms with Crippen LogP contribution in [0.15, 0.2) is 29.3 Å². The Morgan fingerprint density at radius 1 is 1.16 bits per heavy atom. The van der Waals surface area contributed by atoms with Gasteiger partial charge < -0.3 is 16.8 Å². The maximum atomic E-state index is 13.6. The van der Waals surface area contributed by atoms with E-state index in [1.54, 1.807) is 18.3 Å². The summed E-state index contributed by atoms with van der Waals surface area (Å²) in [7, 11) is 0.